The molecule has 0 unspecified atom stereocenters. The maximum absolute atomic E-state index is 12.8. The molecule has 1 amide bonds. The minimum atomic E-state index is -0.808. The number of nitrogens with zero attached hydrogens (tertiary/aromatic N) is 2. The molecule has 150 valence electrons. The number of methoxy groups -OCH3 is 1. The molecule has 1 saturated heterocycles. The quantitative estimate of drug-likeness (QED) is 0.628. The topological polar surface area (TPSA) is 79.3 Å². The summed E-state index contributed by atoms with van der Waals surface area (Å²) in [6, 6.07) is 7.48. The molecule has 0 aliphatic carbocycles. The standard InChI is InChI=1S/C20H30N2O5/c1-3-21(15-19(23)24)17-8-10-22(11-9-17)20(25)16-6-4-7-18(14-16)27-13-5-12-26-2/h4,6-7,14,17H,3,5,8-13,15H2,1-2H3,(H,23,24). The highest BCUT2D eigenvalue weighted by molar-refractivity contribution is 5.94. The van der Waals surface area contributed by atoms with E-state index in [1.165, 1.54) is 0 Å². The Labute approximate surface area is 160 Å². The van der Waals surface area contributed by atoms with Gasteiger partial charge in [0.1, 0.15) is 5.75 Å². The van der Waals surface area contributed by atoms with Crippen LogP contribution in [-0.4, -0.2) is 79.3 Å². The van der Waals surface area contributed by atoms with Crippen molar-refractivity contribution in [1.29, 1.82) is 0 Å². The van der Waals surface area contributed by atoms with Gasteiger partial charge < -0.3 is 19.5 Å². The molecule has 1 aromatic carbocycles. The summed E-state index contributed by atoms with van der Waals surface area (Å²) in [6.45, 7) is 5.19. The normalized spacial score (nSPS) is 15.1. The maximum Gasteiger partial charge on any atom is 0.317 e. The van der Waals surface area contributed by atoms with E-state index < -0.39 is 5.97 Å². The number of aliphatic carboxylic acids is 1. The lowest BCUT2D eigenvalue weighted by Gasteiger charge is -2.37. The van der Waals surface area contributed by atoms with Crippen LogP contribution in [-0.2, 0) is 9.53 Å². The number of hydrogen-bond donors (Lipinski definition) is 1. The molecular formula is C20H30N2O5. The summed E-state index contributed by atoms with van der Waals surface area (Å²) in [4.78, 5) is 27.6. The van der Waals surface area contributed by atoms with E-state index in [1.807, 2.05) is 28.9 Å². The Bertz CT molecular complexity index is 614. The first kappa shape index (κ1) is 21.2. The summed E-state index contributed by atoms with van der Waals surface area (Å²) < 4.78 is 10.7. The number of amides is 1. The van der Waals surface area contributed by atoms with Gasteiger partial charge in [0, 0.05) is 44.8 Å². The monoisotopic (exact) mass is 378 g/mol. The average molecular weight is 378 g/mol. The molecule has 1 aliphatic heterocycles. The number of carboxylic acid groups (broad SMARTS) is 1. The molecule has 7 heteroatoms. The van der Waals surface area contributed by atoms with Crippen LogP contribution in [0.1, 0.15) is 36.5 Å². The highest BCUT2D eigenvalue weighted by Crippen LogP contribution is 2.20. The first-order valence-electron chi connectivity index (χ1n) is 9.52. The second-order valence-corrected chi connectivity index (χ2v) is 6.70. The van der Waals surface area contributed by atoms with Crippen molar-refractivity contribution in [3.8, 4) is 5.75 Å². The van der Waals surface area contributed by atoms with Crippen molar-refractivity contribution in [3.05, 3.63) is 29.8 Å². The van der Waals surface area contributed by atoms with Crippen LogP contribution in [0.25, 0.3) is 0 Å². The van der Waals surface area contributed by atoms with Crippen molar-refractivity contribution in [2.75, 3.05) is 46.5 Å². The zero-order valence-electron chi connectivity index (χ0n) is 16.2. The van der Waals surface area contributed by atoms with Gasteiger partial charge in [-0.2, -0.15) is 0 Å². The van der Waals surface area contributed by atoms with Gasteiger partial charge in [0.05, 0.1) is 13.2 Å². The third-order valence-electron chi connectivity index (χ3n) is 4.86. The van der Waals surface area contributed by atoms with E-state index in [1.54, 1.807) is 19.2 Å². The number of rotatable bonds is 10. The van der Waals surface area contributed by atoms with Gasteiger partial charge in [0.2, 0.25) is 0 Å². The van der Waals surface area contributed by atoms with Crippen LogP contribution in [0.15, 0.2) is 24.3 Å². The van der Waals surface area contributed by atoms with Crippen LogP contribution in [0.5, 0.6) is 5.75 Å². The van der Waals surface area contributed by atoms with Crippen LogP contribution >= 0.6 is 0 Å². The third-order valence-corrected chi connectivity index (χ3v) is 4.86. The van der Waals surface area contributed by atoms with Gasteiger partial charge in [-0.1, -0.05) is 13.0 Å². The predicted molar refractivity (Wildman–Crippen MR) is 102 cm³/mol. The molecule has 1 aromatic rings. The molecule has 0 radical (unpaired) electrons. The number of carbonyl (C=O) groups excluding carboxylic acids is 1. The highest BCUT2D eigenvalue weighted by atomic mass is 16.5. The van der Waals surface area contributed by atoms with E-state index in [2.05, 4.69) is 0 Å². The van der Waals surface area contributed by atoms with E-state index >= 15 is 0 Å². The molecular weight excluding hydrogens is 348 g/mol. The Morgan fingerprint density at radius 1 is 1.26 bits per heavy atom. The van der Waals surface area contributed by atoms with Crippen LogP contribution in [0, 0.1) is 0 Å². The Kier molecular flexibility index (Phi) is 8.54. The first-order chi connectivity index (χ1) is 13.0. The number of ether oxygens (including phenoxy) is 2. The van der Waals surface area contributed by atoms with Crippen LogP contribution in [0.2, 0.25) is 0 Å². The van der Waals surface area contributed by atoms with E-state index in [0.29, 0.717) is 44.2 Å². The van der Waals surface area contributed by atoms with Crippen molar-refractivity contribution >= 4 is 11.9 Å². The number of likely N-dealkylation sites (tertiary alicyclic amines) is 1. The van der Waals surface area contributed by atoms with Crippen molar-refractivity contribution in [1.82, 2.24) is 9.80 Å². The molecule has 1 N–H and O–H groups in total. The molecule has 1 aliphatic rings. The van der Waals surface area contributed by atoms with Crippen molar-refractivity contribution < 1.29 is 24.2 Å². The maximum atomic E-state index is 12.8. The molecule has 0 atom stereocenters. The SMILES string of the molecule is CCN(CC(=O)O)C1CCN(C(=O)c2cccc(OCCCOC)c2)CC1. The highest BCUT2D eigenvalue weighted by Gasteiger charge is 2.27. The van der Waals surface area contributed by atoms with Gasteiger partial charge in [-0.15, -0.1) is 0 Å². The average Bonchev–Trinajstić information content (AvgIpc) is 2.69. The van der Waals surface area contributed by atoms with Crippen LogP contribution in [0.3, 0.4) is 0 Å². The molecule has 1 heterocycles. The fraction of sp³-hybridized carbons (Fsp3) is 0.600. The Hall–Kier alpha value is -2.12. The molecule has 0 bridgehead atoms. The Morgan fingerprint density at radius 3 is 2.63 bits per heavy atom. The van der Waals surface area contributed by atoms with Crippen molar-refractivity contribution in [3.63, 3.8) is 0 Å². The third kappa shape index (κ3) is 6.52. The molecule has 0 saturated carbocycles. The lowest BCUT2D eigenvalue weighted by Crippen LogP contribution is -2.48. The number of hydrogen-bond acceptors (Lipinski definition) is 5. The summed E-state index contributed by atoms with van der Waals surface area (Å²) >= 11 is 0. The second kappa shape index (κ2) is 10.9. The predicted octanol–water partition coefficient (Wildman–Crippen LogP) is 2.11. The number of carbonyl (C=O) groups is 2. The zero-order valence-corrected chi connectivity index (χ0v) is 16.2. The van der Waals surface area contributed by atoms with Crippen LogP contribution in [0.4, 0.5) is 0 Å². The van der Waals surface area contributed by atoms with Crippen molar-refractivity contribution in [2.45, 2.75) is 32.2 Å². The van der Waals surface area contributed by atoms with Crippen LogP contribution < -0.4 is 4.74 Å². The lowest BCUT2D eigenvalue weighted by molar-refractivity contribution is -0.139. The van der Waals surface area contributed by atoms with Crippen molar-refractivity contribution in [2.24, 2.45) is 0 Å². The minimum absolute atomic E-state index is 0.00271. The molecule has 7 nitrogen and oxygen atoms in total. The van der Waals surface area contributed by atoms with E-state index in [-0.39, 0.29) is 18.5 Å². The van der Waals surface area contributed by atoms with Gasteiger partial charge in [0.15, 0.2) is 0 Å². The van der Waals surface area contributed by atoms with E-state index in [0.717, 1.165) is 19.3 Å². The second-order valence-electron chi connectivity index (χ2n) is 6.70. The minimum Gasteiger partial charge on any atom is -0.493 e. The summed E-state index contributed by atoms with van der Waals surface area (Å²) in [5, 5.41) is 9.03. The Balaban J connectivity index is 1.89. The fourth-order valence-corrected chi connectivity index (χ4v) is 3.40. The zero-order chi connectivity index (χ0) is 19.6. The summed E-state index contributed by atoms with van der Waals surface area (Å²) in [7, 11) is 1.66. The fourth-order valence-electron chi connectivity index (χ4n) is 3.40. The largest absolute Gasteiger partial charge is 0.493 e. The van der Waals surface area contributed by atoms with Gasteiger partial charge in [0.25, 0.3) is 5.91 Å². The summed E-state index contributed by atoms with van der Waals surface area (Å²) in [5.41, 5.74) is 0.621. The summed E-state index contributed by atoms with van der Waals surface area (Å²) in [6.07, 6.45) is 2.38. The van der Waals surface area contributed by atoms with E-state index in [4.69, 9.17) is 14.6 Å². The number of carboxylic acids is 1. The molecule has 0 aromatic heterocycles. The van der Waals surface area contributed by atoms with E-state index in [9.17, 15) is 9.59 Å². The molecule has 1 fully saturated rings. The van der Waals surface area contributed by atoms with Gasteiger partial charge in [-0.25, -0.2) is 0 Å². The molecule has 2 rings (SSSR count). The molecule has 0 spiro atoms. The van der Waals surface area contributed by atoms with Gasteiger partial charge in [-0.05, 0) is 37.6 Å². The van der Waals surface area contributed by atoms with Gasteiger partial charge >= 0.3 is 5.97 Å². The number of benzene rings is 1. The number of piperidine rings is 1. The number of likely N-dealkylation sites (N-methyl/N-ethyl adjacent to an activating group) is 1. The summed E-state index contributed by atoms with van der Waals surface area (Å²) in [5.74, 6) is -0.125. The van der Waals surface area contributed by atoms with Gasteiger partial charge in [-0.3, -0.25) is 14.5 Å². The Morgan fingerprint density at radius 2 is 2.00 bits per heavy atom. The lowest BCUT2D eigenvalue weighted by atomic mass is 10.0. The first-order valence-corrected chi connectivity index (χ1v) is 9.52. The molecule has 27 heavy (non-hydrogen) atoms. The smallest absolute Gasteiger partial charge is 0.317 e.